The van der Waals surface area contributed by atoms with Gasteiger partial charge in [0.1, 0.15) is 0 Å². The van der Waals surface area contributed by atoms with Crippen LogP contribution in [0.4, 0.5) is 0 Å². The zero-order valence-electron chi connectivity index (χ0n) is 10.9. The summed E-state index contributed by atoms with van der Waals surface area (Å²) in [5.74, 6) is -0.706. The van der Waals surface area contributed by atoms with Crippen LogP contribution in [0.2, 0.25) is 0 Å². The number of likely N-dealkylation sites (tertiary alicyclic amines) is 2. The molecule has 0 saturated carbocycles. The zero-order valence-corrected chi connectivity index (χ0v) is 10.9. The summed E-state index contributed by atoms with van der Waals surface area (Å²) in [6.45, 7) is 6.71. The maximum atomic E-state index is 10.6. The molecule has 17 heavy (non-hydrogen) atoms. The number of nitrogens with zero attached hydrogens (tertiary/aromatic N) is 3. The highest BCUT2D eigenvalue weighted by Gasteiger charge is 2.47. The summed E-state index contributed by atoms with van der Waals surface area (Å²) in [6.07, 6.45) is 1.23. The summed E-state index contributed by atoms with van der Waals surface area (Å²) in [6, 6.07) is 0. The standard InChI is InChI=1S/C12H23N3O2/c1-13(2)5-6-14-4-3-12(8-14)9-15(10-12)7-11(16)17/h3-10H2,1-2H3,(H,16,17). The van der Waals surface area contributed by atoms with Gasteiger partial charge in [-0.2, -0.15) is 0 Å². The molecule has 5 heteroatoms. The lowest BCUT2D eigenvalue weighted by Gasteiger charge is -2.47. The van der Waals surface area contributed by atoms with Gasteiger partial charge in [-0.1, -0.05) is 0 Å². The van der Waals surface area contributed by atoms with Gasteiger partial charge in [-0.3, -0.25) is 9.69 Å². The number of hydrogen-bond acceptors (Lipinski definition) is 4. The van der Waals surface area contributed by atoms with Gasteiger partial charge in [0.05, 0.1) is 6.54 Å². The molecule has 0 atom stereocenters. The first-order chi connectivity index (χ1) is 7.99. The molecule has 1 spiro atoms. The third-order valence-corrected chi connectivity index (χ3v) is 3.86. The molecule has 0 aromatic carbocycles. The first-order valence-electron chi connectivity index (χ1n) is 6.30. The molecule has 0 aromatic heterocycles. The van der Waals surface area contributed by atoms with Crippen LogP contribution in [0.25, 0.3) is 0 Å². The fourth-order valence-electron chi connectivity index (χ4n) is 3.02. The van der Waals surface area contributed by atoms with Crippen LogP contribution < -0.4 is 0 Å². The molecule has 2 fully saturated rings. The zero-order chi connectivity index (χ0) is 12.5. The molecule has 5 nitrogen and oxygen atoms in total. The number of rotatable bonds is 5. The van der Waals surface area contributed by atoms with Crippen molar-refractivity contribution in [3.05, 3.63) is 0 Å². The van der Waals surface area contributed by atoms with Gasteiger partial charge in [0.2, 0.25) is 0 Å². The molecule has 2 rings (SSSR count). The third-order valence-electron chi connectivity index (χ3n) is 3.86. The minimum atomic E-state index is -0.706. The first-order valence-corrected chi connectivity index (χ1v) is 6.30. The van der Waals surface area contributed by atoms with Gasteiger partial charge >= 0.3 is 5.97 Å². The lowest BCUT2D eigenvalue weighted by molar-refractivity contribution is -0.141. The average Bonchev–Trinajstić information content (AvgIpc) is 2.57. The van der Waals surface area contributed by atoms with Crippen LogP contribution in [-0.4, -0.2) is 85.7 Å². The minimum Gasteiger partial charge on any atom is -0.480 e. The summed E-state index contributed by atoms with van der Waals surface area (Å²) < 4.78 is 0. The second-order valence-corrected chi connectivity index (χ2v) is 5.87. The van der Waals surface area contributed by atoms with E-state index in [1.807, 2.05) is 4.90 Å². The van der Waals surface area contributed by atoms with Crippen LogP contribution in [-0.2, 0) is 4.79 Å². The van der Waals surface area contributed by atoms with E-state index in [9.17, 15) is 4.79 Å². The van der Waals surface area contributed by atoms with Crippen LogP contribution in [0.5, 0.6) is 0 Å². The second-order valence-electron chi connectivity index (χ2n) is 5.87. The van der Waals surface area contributed by atoms with Gasteiger partial charge in [-0.05, 0) is 27.1 Å². The Balaban J connectivity index is 1.70. The van der Waals surface area contributed by atoms with Gasteiger partial charge in [-0.15, -0.1) is 0 Å². The summed E-state index contributed by atoms with van der Waals surface area (Å²) in [5, 5.41) is 8.72. The van der Waals surface area contributed by atoms with E-state index in [1.54, 1.807) is 0 Å². The van der Waals surface area contributed by atoms with E-state index in [0.29, 0.717) is 5.41 Å². The van der Waals surface area contributed by atoms with Crippen molar-refractivity contribution in [2.75, 3.05) is 59.9 Å². The molecule has 2 aliphatic heterocycles. The summed E-state index contributed by atoms with van der Waals surface area (Å²) >= 11 is 0. The Labute approximate surface area is 103 Å². The van der Waals surface area contributed by atoms with Crippen molar-refractivity contribution in [2.24, 2.45) is 5.41 Å². The predicted octanol–water partition coefficient (Wildman–Crippen LogP) is -0.360. The molecule has 98 valence electrons. The van der Waals surface area contributed by atoms with E-state index in [2.05, 4.69) is 23.9 Å². The summed E-state index contributed by atoms with van der Waals surface area (Å²) in [4.78, 5) is 17.4. The van der Waals surface area contributed by atoms with Crippen LogP contribution in [0.3, 0.4) is 0 Å². The number of aliphatic carboxylic acids is 1. The van der Waals surface area contributed by atoms with E-state index >= 15 is 0 Å². The lowest BCUT2D eigenvalue weighted by Crippen LogP contribution is -2.58. The smallest absolute Gasteiger partial charge is 0.317 e. The maximum absolute atomic E-state index is 10.6. The lowest BCUT2D eigenvalue weighted by atomic mass is 9.79. The van der Waals surface area contributed by atoms with Gasteiger partial charge in [0.15, 0.2) is 0 Å². The number of carboxylic acid groups (broad SMARTS) is 1. The highest BCUT2D eigenvalue weighted by atomic mass is 16.4. The van der Waals surface area contributed by atoms with Crippen molar-refractivity contribution < 1.29 is 9.90 Å². The molecule has 0 aliphatic carbocycles. The molecule has 0 bridgehead atoms. The van der Waals surface area contributed by atoms with E-state index in [1.165, 1.54) is 13.0 Å². The molecular formula is C12H23N3O2. The Morgan fingerprint density at radius 2 is 1.94 bits per heavy atom. The molecule has 0 aromatic rings. The molecule has 0 amide bonds. The maximum Gasteiger partial charge on any atom is 0.317 e. The molecule has 2 saturated heterocycles. The van der Waals surface area contributed by atoms with Crippen LogP contribution in [0, 0.1) is 5.41 Å². The number of carboxylic acids is 1. The van der Waals surface area contributed by atoms with Crippen molar-refractivity contribution in [1.82, 2.24) is 14.7 Å². The Morgan fingerprint density at radius 1 is 1.29 bits per heavy atom. The van der Waals surface area contributed by atoms with Gasteiger partial charge in [0.25, 0.3) is 0 Å². The Bertz CT molecular complexity index is 287. The van der Waals surface area contributed by atoms with E-state index < -0.39 is 5.97 Å². The first kappa shape index (κ1) is 12.8. The molecule has 2 aliphatic rings. The van der Waals surface area contributed by atoms with E-state index in [0.717, 1.165) is 32.7 Å². The fourth-order valence-corrected chi connectivity index (χ4v) is 3.02. The SMILES string of the molecule is CN(C)CCN1CCC2(C1)CN(CC(=O)O)C2. The van der Waals surface area contributed by atoms with Crippen LogP contribution in [0.15, 0.2) is 0 Å². The summed E-state index contributed by atoms with van der Waals surface area (Å²) in [7, 11) is 4.20. The van der Waals surface area contributed by atoms with E-state index in [-0.39, 0.29) is 6.54 Å². The topological polar surface area (TPSA) is 47.0 Å². The number of likely N-dealkylation sites (N-methyl/N-ethyl adjacent to an activating group) is 1. The highest BCUT2D eigenvalue weighted by Crippen LogP contribution is 2.39. The predicted molar refractivity (Wildman–Crippen MR) is 66.1 cm³/mol. The molecule has 0 radical (unpaired) electrons. The Kier molecular flexibility index (Phi) is 3.70. The van der Waals surface area contributed by atoms with Crippen molar-refractivity contribution >= 4 is 5.97 Å². The summed E-state index contributed by atoms with van der Waals surface area (Å²) in [5.41, 5.74) is 0.405. The highest BCUT2D eigenvalue weighted by molar-refractivity contribution is 5.69. The quantitative estimate of drug-likeness (QED) is 0.712. The Hall–Kier alpha value is -0.650. The van der Waals surface area contributed by atoms with Gasteiger partial charge in [-0.25, -0.2) is 0 Å². The largest absolute Gasteiger partial charge is 0.480 e. The molecule has 1 N–H and O–H groups in total. The van der Waals surface area contributed by atoms with Crippen molar-refractivity contribution in [2.45, 2.75) is 6.42 Å². The second kappa shape index (κ2) is 4.92. The van der Waals surface area contributed by atoms with Gasteiger partial charge < -0.3 is 14.9 Å². The van der Waals surface area contributed by atoms with Crippen molar-refractivity contribution in [1.29, 1.82) is 0 Å². The van der Waals surface area contributed by atoms with Crippen molar-refractivity contribution in [3.8, 4) is 0 Å². The third kappa shape index (κ3) is 3.18. The molecular weight excluding hydrogens is 218 g/mol. The number of hydrogen-bond donors (Lipinski definition) is 1. The fraction of sp³-hybridized carbons (Fsp3) is 0.917. The monoisotopic (exact) mass is 241 g/mol. The van der Waals surface area contributed by atoms with Crippen LogP contribution in [0.1, 0.15) is 6.42 Å². The normalized spacial score (nSPS) is 24.4. The minimum absolute atomic E-state index is 0.208. The average molecular weight is 241 g/mol. The molecule has 0 unspecified atom stereocenters. The van der Waals surface area contributed by atoms with Crippen LogP contribution >= 0.6 is 0 Å². The number of carbonyl (C=O) groups is 1. The van der Waals surface area contributed by atoms with Gasteiger partial charge in [0, 0.05) is 38.1 Å². The van der Waals surface area contributed by atoms with Crippen molar-refractivity contribution in [3.63, 3.8) is 0 Å². The van der Waals surface area contributed by atoms with E-state index in [4.69, 9.17) is 5.11 Å². The molecule has 2 heterocycles. The Morgan fingerprint density at radius 3 is 2.53 bits per heavy atom.